The molecule has 0 aliphatic carbocycles. The van der Waals surface area contributed by atoms with Crippen LogP contribution in [0.3, 0.4) is 0 Å². The van der Waals surface area contributed by atoms with Crippen LogP contribution in [0.2, 0.25) is 5.02 Å². The fraction of sp³-hybridized carbons (Fsp3) is 0.188. The minimum absolute atomic E-state index is 0.0869. The Kier molecular flexibility index (Phi) is 4.23. The highest BCUT2D eigenvalue weighted by atomic mass is 35.5. The SMILES string of the molecule is Cc1cccc(C(=O)N[C@@H](C)c2ccccc2Cl)c1. The van der Waals surface area contributed by atoms with Crippen molar-refractivity contribution in [3.05, 3.63) is 70.2 Å². The third kappa shape index (κ3) is 3.36. The van der Waals surface area contributed by atoms with Crippen LogP contribution in [-0.4, -0.2) is 5.91 Å². The third-order valence-electron chi connectivity index (χ3n) is 3.00. The van der Waals surface area contributed by atoms with E-state index in [1.807, 2.05) is 62.4 Å². The lowest BCUT2D eigenvalue weighted by Crippen LogP contribution is -2.26. The van der Waals surface area contributed by atoms with Gasteiger partial charge < -0.3 is 5.32 Å². The van der Waals surface area contributed by atoms with Crippen molar-refractivity contribution in [2.24, 2.45) is 0 Å². The average molecular weight is 274 g/mol. The van der Waals surface area contributed by atoms with E-state index in [-0.39, 0.29) is 11.9 Å². The van der Waals surface area contributed by atoms with Gasteiger partial charge in [0.25, 0.3) is 5.91 Å². The highest BCUT2D eigenvalue weighted by Gasteiger charge is 2.13. The van der Waals surface area contributed by atoms with Crippen molar-refractivity contribution < 1.29 is 4.79 Å². The number of amides is 1. The molecule has 0 heterocycles. The summed E-state index contributed by atoms with van der Waals surface area (Å²) in [5, 5.41) is 3.62. The highest BCUT2D eigenvalue weighted by molar-refractivity contribution is 6.31. The minimum Gasteiger partial charge on any atom is -0.345 e. The summed E-state index contributed by atoms with van der Waals surface area (Å²) in [4.78, 5) is 12.1. The molecule has 0 saturated heterocycles. The molecule has 0 fully saturated rings. The molecule has 0 aliphatic rings. The van der Waals surface area contributed by atoms with Crippen LogP contribution in [0.1, 0.15) is 34.5 Å². The Balaban J connectivity index is 2.13. The maximum atomic E-state index is 12.1. The van der Waals surface area contributed by atoms with Gasteiger partial charge in [0.2, 0.25) is 0 Å². The van der Waals surface area contributed by atoms with Gasteiger partial charge in [0, 0.05) is 10.6 Å². The number of benzene rings is 2. The maximum Gasteiger partial charge on any atom is 0.251 e. The molecule has 0 spiro atoms. The Morgan fingerprint density at radius 1 is 1.16 bits per heavy atom. The lowest BCUT2D eigenvalue weighted by Gasteiger charge is -2.15. The van der Waals surface area contributed by atoms with Crippen molar-refractivity contribution in [2.45, 2.75) is 19.9 Å². The maximum absolute atomic E-state index is 12.1. The van der Waals surface area contributed by atoms with Gasteiger partial charge in [-0.05, 0) is 37.6 Å². The second kappa shape index (κ2) is 5.89. The van der Waals surface area contributed by atoms with Gasteiger partial charge >= 0.3 is 0 Å². The number of aryl methyl sites for hydroxylation is 1. The van der Waals surface area contributed by atoms with E-state index in [1.165, 1.54) is 0 Å². The van der Waals surface area contributed by atoms with Crippen molar-refractivity contribution >= 4 is 17.5 Å². The lowest BCUT2D eigenvalue weighted by atomic mass is 10.1. The summed E-state index contributed by atoms with van der Waals surface area (Å²) in [7, 11) is 0. The van der Waals surface area contributed by atoms with E-state index < -0.39 is 0 Å². The van der Waals surface area contributed by atoms with Crippen LogP contribution in [0.5, 0.6) is 0 Å². The van der Waals surface area contributed by atoms with Crippen LogP contribution in [-0.2, 0) is 0 Å². The molecule has 1 N–H and O–H groups in total. The van der Waals surface area contributed by atoms with Gasteiger partial charge in [-0.15, -0.1) is 0 Å². The molecule has 1 atom stereocenters. The quantitative estimate of drug-likeness (QED) is 0.895. The number of hydrogen-bond acceptors (Lipinski definition) is 1. The smallest absolute Gasteiger partial charge is 0.251 e. The first-order chi connectivity index (χ1) is 9.08. The topological polar surface area (TPSA) is 29.1 Å². The van der Waals surface area contributed by atoms with E-state index in [0.29, 0.717) is 10.6 Å². The normalized spacial score (nSPS) is 11.9. The van der Waals surface area contributed by atoms with E-state index in [4.69, 9.17) is 11.6 Å². The zero-order chi connectivity index (χ0) is 13.8. The summed E-state index contributed by atoms with van der Waals surface area (Å²) in [5.41, 5.74) is 2.65. The Labute approximate surface area is 118 Å². The largest absolute Gasteiger partial charge is 0.345 e. The van der Waals surface area contributed by atoms with Crippen molar-refractivity contribution in [3.63, 3.8) is 0 Å². The highest BCUT2D eigenvalue weighted by Crippen LogP contribution is 2.22. The fourth-order valence-corrected chi connectivity index (χ4v) is 2.27. The number of carbonyl (C=O) groups is 1. The van der Waals surface area contributed by atoms with Crippen molar-refractivity contribution in [3.8, 4) is 0 Å². The van der Waals surface area contributed by atoms with Crippen LogP contribution in [0.25, 0.3) is 0 Å². The first-order valence-corrected chi connectivity index (χ1v) is 6.57. The molecule has 0 bridgehead atoms. The van der Waals surface area contributed by atoms with Crippen molar-refractivity contribution in [1.29, 1.82) is 0 Å². The Bertz CT molecular complexity index is 595. The first kappa shape index (κ1) is 13.6. The monoisotopic (exact) mass is 273 g/mol. The summed E-state index contributed by atoms with van der Waals surface area (Å²) in [5.74, 6) is -0.0869. The van der Waals surface area contributed by atoms with Gasteiger partial charge in [0.1, 0.15) is 0 Å². The van der Waals surface area contributed by atoms with Gasteiger partial charge in [0.15, 0.2) is 0 Å². The van der Waals surface area contributed by atoms with Gasteiger partial charge in [0.05, 0.1) is 6.04 Å². The molecule has 2 nitrogen and oxygen atoms in total. The number of nitrogens with one attached hydrogen (secondary N) is 1. The molecule has 0 radical (unpaired) electrons. The fourth-order valence-electron chi connectivity index (χ4n) is 1.97. The lowest BCUT2D eigenvalue weighted by molar-refractivity contribution is 0.0940. The van der Waals surface area contributed by atoms with Gasteiger partial charge in [-0.2, -0.15) is 0 Å². The molecule has 2 aromatic rings. The molecule has 1 amide bonds. The molecule has 0 aromatic heterocycles. The second-order valence-electron chi connectivity index (χ2n) is 4.59. The Morgan fingerprint density at radius 3 is 2.58 bits per heavy atom. The average Bonchev–Trinajstić information content (AvgIpc) is 2.39. The Morgan fingerprint density at radius 2 is 1.89 bits per heavy atom. The van der Waals surface area contributed by atoms with Crippen LogP contribution in [0.15, 0.2) is 48.5 Å². The number of carbonyl (C=O) groups excluding carboxylic acids is 1. The van der Waals surface area contributed by atoms with Crippen LogP contribution >= 0.6 is 11.6 Å². The molecule has 0 aliphatic heterocycles. The summed E-state index contributed by atoms with van der Waals surface area (Å²) in [6.07, 6.45) is 0. The summed E-state index contributed by atoms with van der Waals surface area (Å²) in [6.45, 7) is 3.89. The molecule has 3 heteroatoms. The summed E-state index contributed by atoms with van der Waals surface area (Å²) in [6, 6.07) is 14.9. The first-order valence-electron chi connectivity index (χ1n) is 6.20. The molecule has 0 saturated carbocycles. The number of halogens is 1. The molecular formula is C16H16ClNO. The zero-order valence-electron chi connectivity index (χ0n) is 11.0. The van der Waals surface area contributed by atoms with Gasteiger partial charge in [-0.1, -0.05) is 47.5 Å². The van der Waals surface area contributed by atoms with E-state index in [9.17, 15) is 4.79 Å². The molecule has 0 unspecified atom stereocenters. The molecule has 2 rings (SSSR count). The van der Waals surface area contributed by atoms with Crippen LogP contribution in [0.4, 0.5) is 0 Å². The van der Waals surface area contributed by atoms with E-state index in [2.05, 4.69) is 5.32 Å². The summed E-state index contributed by atoms with van der Waals surface area (Å²) >= 11 is 6.12. The minimum atomic E-state index is -0.123. The van der Waals surface area contributed by atoms with Gasteiger partial charge in [-0.3, -0.25) is 4.79 Å². The van der Waals surface area contributed by atoms with Crippen LogP contribution in [0, 0.1) is 6.92 Å². The number of rotatable bonds is 3. The van der Waals surface area contributed by atoms with Crippen molar-refractivity contribution in [1.82, 2.24) is 5.32 Å². The van der Waals surface area contributed by atoms with Crippen molar-refractivity contribution in [2.75, 3.05) is 0 Å². The molecule has 98 valence electrons. The standard InChI is InChI=1S/C16H16ClNO/c1-11-6-5-7-13(10-11)16(19)18-12(2)14-8-3-4-9-15(14)17/h3-10,12H,1-2H3,(H,18,19)/t12-/m0/s1. The number of hydrogen-bond donors (Lipinski definition) is 1. The predicted octanol–water partition coefficient (Wildman–Crippen LogP) is 4.14. The molecule has 19 heavy (non-hydrogen) atoms. The Hall–Kier alpha value is -1.80. The second-order valence-corrected chi connectivity index (χ2v) is 4.99. The third-order valence-corrected chi connectivity index (χ3v) is 3.34. The predicted molar refractivity (Wildman–Crippen MR) is 78.5 cm³/mol. The van der Waals surface area contributed by atoms with Gasteiger partial charge in [-0.25, -0.2) is 0 Å². The van der Waals surface area contributed by atoms with E-state index in [1.54, 1.807) is 0 Å². The van der Waals surface area contributed by atoms with E-state index in [0.717, 1.165) is 11.1 Å². The zero-order valence-corrected chi connectivity index (χ0v) is 11.7. The summed E-state index contributed by atoms with van der Waals surface area (Å²) < 4.78 is 0. The van der Waals surface area contributed by atoms with Crippen LogP contribution < -0.4 is 5.32 Å². The van der Waals surface area contributed by atoms with E-state index >= 15 is 0 Å². The molecular weight excluding hydrogens is 258 g/mol. The molecule has 2 aromatic carbocycles.